The molecule has 114 valence electrons. The van der Waals surface area contributed by atoms with Crippen LogP contribution in [0.4, 0.5) is 4.39 Å². The Balaban J connectivity index is 1.86. The van der Waals surface area contributed by atoms with Crippen LogP contribution in [0.2, 0.25) is 0 Å². The average molecular weight is 310 g/mol. The zero-order valence-corrected chi connectivity index (χ0v) is 12.0. The molecule has 0 aromatic heterocycles. The summed E-state index contributed by atoms with van der Waals surface area (Å²) < 4.78 is 24.3. The van der Waals surface area contributed by atoms with Crippen molar-refractivity contribution in [2.24, 2.45) is 0 Å². The van der Waals surface area contributed by atoms with Crippen LogP contribution in [0.5, 0.6) is 0 Å². The van der Waals surface area contributed by atoms with Crippen molar-refractivity contribution in [2.45, 2.75) is 12.7 Å². The van der Waals surface area contributed by atoms with E-state index in [-0.39, 0.29) is 12.2 Å². The van der Waals surface area contributed by atoms with Gasteiger partial charge in [0, 0.05) is 5.56 Å². The Morgan fingerprint density at radius 3 is 2.83 bits per heavy atom. The lowest BCUT2D eigenvalue weighted by atomic mass is 9.78. The van der Waals surface area contributed by atoms with Crippen molar-refractivity contribution >= 4 is 18.6 Å². The van der Waals surface area contributed by atoms with Crippen LogP contribution in [0.25, 0.3) is 0 Å². The van der Waals surface area contributed by atoms with Crippen LogP contribution in [0, 0.1) is 18.2 Å². The van der Waals surface area contributed by atoms with Crippen molar-refractivity contribution in [2.75, 3.05) is 0 Å². The van der Waals surface area contributed by atoms with Crippen molar-refractivity contribution in [1.29, 1.82) is 0 Å². The van der Waals surface area contributed by atoms with Crippen molar-refractivity contribution in [1.82, 2.24) is 0 Å². The predicted octanol–water partition coefficient (Wildman–Crippen LogP) is 1.57. The fourth-order valence-electron chi connectivity index (χ4n) is 2.40. The monoisotopic (exact) mass is 310 g/mol. The standard InChI is InChI=1S/C17H12BFO4/c1-2-16(11-6-4-3-5-7-11)23-17(20)13-9-14-12(8-15(13)19)10-22-18(14)21/h1,3-9,16,21H,10H2. The molecule has 0 saturated heterocycles. The molecule has 1 unspecified atom stereocenters. The molecular formula is C17H12BFO4. The molecule has 0 amide bonds. The van der Waals surface area contributed by atoms with Gasteiger partial charge in [-0.1, -0.05) is 36.3 Å². The summed E-state index contributed by atoms with van der Waals surface area (Å²) in [7, 11) is -1.17. The van der Waals surface area contributed by atoms with Crippen LogP contribution in [0.15, 0.2) is 42.5 Å². The molecule has 3 rings (SSSR count). The van der Waals surface area contributed by atoms with E-state index in [9.17, 15) is 14.2 Å². The van der Waals surface area contributed by atoms with E-state index in [1.807, 2.05) is 0 Å². The highest BCUT2D eigenvalue weighted by atomic mass is 19.1. The summed E-state index contributed by atoms with van der Waals surface area (Å²) in [6.07, 6.45) is 4.48. The molecular weight excluding hydrogens is 298 g/mol. The van der Waals surface area contributed by atoms with Crippen molar-refractivity contribution in [3.05, 3.63) is 65.0 Å². The lowest BCUT2D eigenvalue weighted by Crippen LogP contribution is -2.29. The summed E-state index contributed by atoms with van der Waals surface area (Å²) >= 11 is 0. The first-order valence-corrected chi connectivity index (χ1v) is 6.94. The number of terminal acetylenes is 1. The minimum absolute atomic E-state index is 0.0970. The first kappa shape index (κ1) is 15.3. The Morgan fingerprint density at radius 1 is 1.39 bits per heavy atom. The number of carbonyl (C=O) groups excluding carboxylic acids is 1. The molecule has 1 aliphatic heterocycles. The molecule has 6 heteroatoms. The van der Waals surface area contributed by atoms with E-state index < -0.39 is 25.0 Å². The Morgan fingerprint density at radius 2 is 2.13 bits per heavy atom. The van der Waals surface area contributed by atoms with Gasteiger partial charge in [-0.2, -0.15) is 0 Å². The summed E-state index contributed by atoms with van der Waals surface area (Å²) in [5.74, 6) is 0.727. The van der Waals surface area contributed by atoms with Crippen molar-refractivity contribution in [3.63, 3.8) is 0 Å². The second kappa shape index (κ2) is 6.25. The number of fused-ring (bicyclic) bond motifs is 1. The fraction of sp³-hybridized carbons (Fsp3) is 0.118. The number of ether oxygens (including phenoxy) is 1. The van der Waals surface area contributed by atoms with Gasteiger partial charge < -0.3 is 14.4 Å². The number of rotatable bonds is 3. The number of benzene rings is 2. The first-order valence-electron chi connectivity index (χ1n) is 6.94. The normalized spacial score (nSPS) is 14.0. The van der Waals surface area contributed by atoms with Crippen LogP contribution in [0.3, 0.4) is 0 Å². The highest BCUT2D eigenvalue weighted by Crippen LogP contribution is 2.21. The van der Waals surface area contributed by atoms with E-state index in [0.717, 1.165) is 6.07 Å². The maximum absolute atomic E-state index is 14.1. The smallest absolute Gasteiger partial charge is 0.440 e. The van der Waals surface area contributed by atoms with Gasteiger partial charge in [0.25, 0.3) is 0 Å². The molecule has 1 aliphatic rings. The highest BCUT2D eigenvalue weighted by Gasteiger charge is 2.30. The molecule has 2 aromatic carbocycles. The molecule has 0 fully saturated rings. The molecule has 0 spiro atoms. The Hall–Kier alpha value is -2.62. The third kappa shape index (κ3) is 2.97. The zero-order chi connectivity index (χ0) is 16.4. The molecule has 0 bridgehead atoms. The van der Waals surface area contributed by atoms with Gasteiger partial charge in [-0.05, 0) is 23.2 Å². The first-order chi connectivity index (χ1) is 11.1. The maximum Gasteiger partial charge on any atom is 0.491 e. The molecule has 4 nitrogen and oxygen atoms in total. The van der Waals surface area contributed by atoms with Crippen LogP contribution in [0.1, 0.15) is 27.6 Å². The molecule has 2 aromatic rings. The third-order valence-corrected chi connectivity index (χ3v) is 3.59. The molecule has 0 radical (unpaired) electrons. The van der Waals surface area contributed by atoms with Gasteiger partial charge in [-0.25, -0.2) is 9.18 Å². The van der Waals surface area contributed by atoms with E-state index >= 15 is 0 Å². The second-order valence-electron chi connectivity index (χ2n) is 5.06. The molecule has 1 atom stereocenters. The largest absolute Gasteiger partial charge is 0.491 e. The van der Waals surface area contributed by atoms with Crippen molar-refractivity contribution < 1.29 is 23.6 Å². The van der Waals surface area contributed by atoms with Crippen LogP contribution < -0.4 is 5.46 Å². The van der Waals surface area contributed by atoms with Gasteiger partial charge in [0.15, 0.2) is 6.10 Å². The molecule has 1 heterocycles. The maximum atomic E-state index is 14.1. The van der Waals surface area contributed by atoms with E-state index in [1.165, 1.54) is 6.07 Å². The van der Waals surface area contributed by atoms with Crippen LogP contribution >= 0.6 is 0 Å². The Kier molecular flexibility index (Phi) is 4.15. The lowest BCUT2D eigenvalue weighted by Gasteiger charge is -2.13. The Bertz CT molecular complexity index is 785. The van der Waals surface area contributed by atoms with Gasteiger partial charge in [-0.15, -0.1) is 6.42 Å². The van der Waals surface area contributed by atoms with E-state index in [4.69, 9.17) is 15.8 Å². The molecule has 23 heavy (non-hydrogen) atoms. The number of hydrogen-bond acceptors (Lipinski definition) is 4. The molecule has 0 saturated carbocycles. The van der Waals surface area contributed by atoms with Crippen molar-refractivity contribution in [3.8, 4) is 12.3 Å². The molecule has 0 aliphatic carbocycles. The number of carbonyl (C=O) groups is 1. The van der Waals surface area contributed by atoms with Crippen LogP contribution in [-0.4, -0.2) is 18.1 Å². The van der Waals surface area contributed by atoms with Gasteiger partial charge in [-0.3, -0.25) is 0 Å². The summed E-state index contributed by atoms with van der Waals surface area (Å²) in [5, 5.41) is 9.66. The number of esters is 1. The summed E-state index contributed by atoms with van der Waals surface area (Å²) in [6.45, 7) is 0.0970. The van der Waals surface area contributed by atoms with Crippen LogP contribution in [-0.2, 0) is 16.0 Å². The number of hydrogen-bond donors (Lipinski definition) is 1. The highest BCUT2D eigenvalue weighted by molar-refractivity contribution is 6.61. The van der Waals surface area contributed by atoms with E-state index in [1.54, 1.807) is 30.3 Å². The lowest BCUT2D eigenvalue weighted by molar-refractivity contribution is 0.0403. The number of halogens is 1. The minimum Gasteiger partial charge on any atom is -0.440 e. The van der Waals surface area contributed by atoms with Gasteiger partial charge in [0.05, 0.1) is 12.2 Å². The Labute approximate surface area is 133 Å². The second-order valence-corrected chi connectivity index (χ2v) is 5.06. The summed E-state index contributed by atoms with van der Waals surface area (Å²) in [6, 6.07) is 11.2. The van der Waals surface area contributed by atoms with Gasteiger partial charge >= 0.3 is 13.1 Å². The van der Waals surface area contributed by atoms with Gasteiger partial charge in [0.1, 0.15) is 5.82 Å². The third-order valence-electron chi connectivity index (χ3n) is 3.59. The topological polar surface area (TPSA) is 55.8 Å². The van der Waals surface area contributed by atoms with E-state index in [2.05, 4.69) is 5.92 Å². The summed E-state index contributed by atoms with van der Waals surface area (Å²) in [5.41, 5.74) is 1.19. The average Bonchev–Trinajstić information content (AvgIpc) is 2.92. The fourth-order valence-corrected chi connectivity index (χ4v) is 2.40. The van der Waals surface area contributed by atoms with E-state index in [0.29, 0.717) is 16.6 Å². The SMILES string of the molecule is C#CC(OC(=O)c1cc2c(cc1F)COB2O)c1ccccc1. The van der Waals surface area contributed by atoms with Gasteiger partial charge in [0.2, 0.25) is 0 Å². The summed E-state index contributed by atoms with van der Waals surface area (Å²) in [4.78, 5) is 12.2. The zero-order valence-electron chi connectivity index (χ0n) is 12.0. The minimum atomic E-state index is -1.17. The predicted molar refractivity (Wildman–Crippen MR) is 82.2 cm³/mol. The quantitative estimate of drug-likeness (QED) is 0.531. The molecule has 1 N–H and O–H groups in total.